The summed E-state index contributed by atoms with van der Waals surface area (Å²) in [5.74, 6) is -0.810. The monoisotopic (exact) mass is 556 g/mol. The van der Waals surface area contributed by atoms with Crippen molar-refractivity contribution in [1.29, 1.82) is 0 Å². The van der Waals surface area contributed by atoms with Crippen LogP contribution in [0.1, 0.15) is 37.4 Å². The fraction of sp³-hybridized carbons (Fsp3) is 0.259. The second-order valence-corrected chi connectivity index (χ2v) is 8.97. The summed E-state index contributed by atoms with van der Waals surface area (Å²) in [6.07, 6.45) is -0.790. The van der Waals surface area contributed by atoms with Gasteiger partial charge in [0.25, 0.3) is 6.43 Å². The van der Waals surface area contributed by atoms with Gasteiger partial charge in [-0.2, -0.15) is 10.1 Å². The zero-order valence-corrected chi connectivity index (χ0v) is 22.1. The number of hydrogen-bond acceptors (Lipinski definition) is 9. The smallest absolute Gasteiger partial charge is 0.280 e. The van der Waals surface area contributed by atoms with Gasteiger partial charge < -0.3 is 20.4 Å². The number of aliphatic hydroxyl groups excluding tert-OH is 1. The van der Waals surface area contributed by atoms with Crippen LogP contribution in [0.4, 0.5) is 19.1 Å². The van der Waals surface area contributed by atoms with E-state index in [0.29, 0.717) is 17.5 Å². The van der Waals surface area contributed by atoms with Gasteiger partial charge in [0.1, 0.15) is 35.6 Å². The van der Waals surface area contributed by atoms with E-state index in [9.17, 15) is 22.8 Å². The number of aryl methyl sites for hydroxylation is 1. The molecule has 40 heavy (non-hydrogen) atoms. The maximum Gasteiger partial charge on any atom is 0.280 e. The Hall–Kier alpha value is -4.65. The molecule has 0 bridgehead atoms. The molecule has 0 aliphatic rings. The third-order valence-electron chi connectivity index (χ3n) is 5.60. The van der Waals surface area contributed by atoms with Gasteiger partial charge in [0.2, 0.25) is 17.3 Å². The average molecular weight is 557 g/mol. The van der Waals surface area contributed by atoms with Crippen molar-refractivity contribution in [3.8, 4) is 28.3 Å². The minimum atomic E-state index is -2.85. The zero-order valence-electron chi connectivity index (χ0n) is 22.1. The summed E-state index contributed by atoms with van der Waals surface area (Å²) in [5, 5.41) is 11.2. The molecule has 0 aliphatic heterocycles. The van der Waals surface area contributed by atoms with Crippen LogP contribution in [0.15, 0.2) is 53.5 Å². The summed E-state index contributed by atoms with van der Waals surface area (Å²) in [7, 11) is 1.00. The Labute approximate surface area is 227 Å². The summed E-state index contributed by atoms with van der Waals surface area (Å²) in [6, 6.07) is 9.29. The van der Waals surface area contributed by atoms with Gasteiger partial charge in [-0.05, 0) is 62.7 Å². The number of nitrogen functional groups attached to an aromatic ring is 1. The SMILES string of the molecule is CO.Cc1cc(-c2c(OCc3nn(C(C)(C)C=O)ccc3=O)nc(N)nc2-c2ccc(F)cc2)cc(C(F)F)n1. The number of benzene rings is 1. The second-order valence-electron chi connectivity index (χ2n) is 8.97. The Morgan fingerprint density at radius 3 is 2.38 bits per heavy atom. The summed E-state index contributed by atoms with van der Waals surface area (Å²) in [4.78, 5) is 36.3. The first-order valence-corrected chi connectivity index (χ1v) is 11.8. The number of hydrogen-bond donors (Lipinski definition) is 2. The number of anilines is 1. The highest BCUT2D eigenvalue weighted by Crippen LogP contribution is 2.39. The molecule has 3 aromatic heterocycles. The highest BCUT2D eigenvalue weighted by Gasteiger charge is 2.23. The van der Waals surface area contributed by atoms with Gasteiger partial charge in [-0.1, -0.05) is 0 Å². The number of alkyl halides is 2. The van der Waals surface area contributed by atoms with Crippen LogP contribution in [0.2, 0.25) is 0 Å². The maximum atomic E-state index is 13.6. The number of carbonyl (C=O) groups excluding carboxylic acids is 1. The lowest BCUT2D eigenvalue weighted by Crippen LogP contribution is -2.32. The maximum absolute atomic E-state index is 13.6. The van der Waals surface area contributed by atoms with E-state index in [4.69, 9.17) is 15.6 Å². The molecule has 1 aromatic carbocycles. The topological polar surface area (TPSA) is 146 Å². The summed E-state index contributed by atoms with van der Waals surface area (Å²) >= 11 is 0. The number of nitrogens with zero attached hydrogens (tertiary/aromatic N) is 5. The van der Waals surface area contributed by atoms with Crippen molar-refractivity contribution in [2.24, 2.45) is 0 Å². The summed E-state index contributed by atoms with van der Waals surface area (Å²) < 4.78 is 48.0. The van der Waals surface area contributed by atoms with Gasteiger partial charge >= 0.3 is 0 Å². The molecule has 0 saturated carbocycles. The molecule has 0 amide bonds. The van der Waals surface area contributed by atoms with Crippen LogP contribution in [-0.2, 0) is 16.9 Å². The zero-order chi connectivity index (χ0) is 29.6. The van der Waals surface area contributed by atoms with Crippen molar-refractivity contribution < 1.29 is 27.8 Å². The number of aldehydes is 1. The molecule has 0 saturated heterocycles. The van der Waals surface area contributed by atoms with Crippen molar-refractivity contribution in [2.75, 3.05) is 12.8 Å². The lowest BCUT2D eigenvalue weighted by Gasteiger charge is -2.20. The molecule has 4 aromatic rings. The van der Waals surface area contributed by atoms with E-state index in [1.54, 1.807) is 26.8 Å². The van der Waals surface area contributed by atoms with Crippen LogP contribution in [0.25, 0.3) is 22.4 Å². The predicted octanol–water partition coefficient (Wildman–Crippen LogP) is 3.85. The third-order valence-corrected chi connectivity index (χ3v) is 5.60. The van der Waals surface area contributed by atoms with E-state index in [0.717, 1.165) is 7.11 Å². The number of aliphatic hydroxyl groups is 1. The van der Waals surface area contributed by atoms with E-state index in [2.05, 4.69) is 20.1 Å². The Kier molecular flexibility index (Phi) is 9.32. The molecule has 0 unspecified atom stereocenters. The Balaban J connectivity index is 0.00000216. The minimum Gasteiger partial charge on any atom is -0.470 e. The van der Waals surface area contributed by atoms with Crippen LogP contribution in [-0.4, -0.2) is 43.2 Å². The Bertz CT molecular complexity index is 1560. The number of nitrogens with two attached hydrogens (primary N) is 1. The largest absolute Gasteiger partial charge is 0.470 e. The second kappa shape index (κ2) is 12.5. The molecule has 13 heteroatoms. The van der Waals surface area contributed by atoms with Crippen molar-refractivity contribution in [3.63, 3.8) is 0 Å². The van der Waals surface area contributed by atoms with Crippen molar-refractivity contribution in [1.82, 2.24) is 24.7 Å². The van der Waals surface area contributed by atoms with Crippen LogP contribution in [0.3, 0.4) is 0 Å². The minimum absolute atomic E-state index is 0.0342. The standard InChI is InChI=1S/C26H23F3N6O3.CH4O/c1-14-10-16(11-18(31-14)23(28)29)21-22(15-4-6-17(27)7-5-15)32-25(30)33-24(21)38-12-19-20(37)8-9-35(34-19)26(2,3)13-36;1-2/h4-11,13,23H,12H2,1-3H3,(H2,30,32,33);2H,1H3. The lowest BCUT2D eigenvalue weighted by atomic mass is 9.99. The normalized spacial score (nSPS) is 11.1. The number of rotatable bonds is 8. The molecule has 0 aliphatic carbocycles. The average Bonchev–Trinajstić information content (AvgIpc) is 2.93. The molecule has 0 spiro atoms. The van der Waals surface area contributed by atoms with Crippen LogP contribution < -0.4 is 15.9 Å². The summed E-state index contributed by atoms with van der Waals surface area (Å²) in [6.45, 7) is 4.41. The van der Waals surface area contributed by atoms with Gasteiger partial charge in [0, 0.05) is 30.6 Å². The highest BCUT2D eigenvalue weighted by molar-refractivity contribution is 5.85. The van der Waals surface area contributed by atoms with Gasteiger partial charge in [0.15, 0.2) is 0 Å². The number of ether oxygens (including phenoxy) is 1. The van der Waals surface area contributed by atoms with Crippen molar-refractivity contribution >= 4 is 12.2 Å². The predicted molar refractivity (Wildman–Crippen MR) is 141 cm³/mol. The molecule has 4 rings (SSSR count). The molecule has 0 fully saturated rings. The molecule has 210 valence electrons. The van der Waals surface area contributed by atoms with Crippen molar-refractivity contribution in [2.45, 2.75) is 39.3 Å². The quantitative estimate of drug-likeness (QED) is 0.309. The Morgan fingerprint density at radius 1 is 1.07 bits per heavy atom. The van der Waals surface area contributed by atoms with E-state index < -0.39 is 28.9 Å². The molecule has 3 heterocycles. The lowest BCUT2D eigenvalue weighted by molar-refractivity contribution is -0.114. The number of carbonyl (C=O) groups is 1. The van der Waals surface area contributed by atoms with E-state index in [-0.39, 0.29) is 40.9 Å². The van der Waals surface area contributed by atoms with Crippen LogP contribution in [0.5, 0.6) is 5.88 Å². The number of pyridine rings is 1. The van der Waals surface area contributed by atoms with Crippen LogP contribution >= 0.6 is 0 Å². The molecule has 3 N–H and O–H groups in total. The van der Waals surface area contributed by atoms with Gasteiger partial charge in [0.05, 0.1) is 11.3 Å². The van der Waals surface area contributed by atoms with Gasteiger partial charge in [-0.3, -0.25) is 14.5 Å². The van der Waals surface area contributed by atoms with Gasteiger partial charge in [-0.15, -0.1) is 0 Å². The summed E-state index contributed by atoms with van der Waals surface area (Å²) in [5.41, 5.74) is 5.31. The fourth-order valence-electron chi connectivity index (χ4n) is 3.65. The van der Waals surface area contributed by atoms with E-state index >= 15 is 0 Å². The first-order chi connectivity index (χ1) is 19.0. The number of halogens is 3. The van der Waals surface area contributed by atoms with Crippen molar-refractivity contribution in [3.05, 3.63) is 81.8 Å². The fourth-order valence-corrected chi connectivity index (χ4v) is 3.65. The molecular formula is C27H27F3N6O4. The molecule has 0 radical (unpaired) electrons. The highest BCUT2D eigenvalue weighted by atomic mass is 19.3. The van der Waals surface area contributed by atoms with E-state index in [1.807, 2.05) is 0 Å². The molecular weight excluding hydrogens is 529 g/mol. The van der Waals surface area contributed by atoms with Crippen LogP contribution in [0, 0.1) is 12.7 Å². The molecule has 10 nitrogen and oxygen atoms in total. The number of aromatic nitrogens is 5. The first-order valence-electron chi connectivity index (χ1n) is 11.8. The Morgan fingerprint density at radius 2 is 1.75 bits per heavy atom. The van der Waals surface area contributed by atoms with E-state index in [1.165, 1.54) is 47.3 Å². The third kappa shape index (κ3) is 6.67. The van der Waals surface area contributed by atoms with Gasteiger partial charge in [-0.25, -0.2) is 18.2 Å². The first kappa shape index (κ1) is 29.9. The molecule has 0 atom stereocenters.